The molecule has 0 rings (SSSR count). The number of carbonyl (C=O) groups excluding carboxylic acids is 4. The van der Waals surface area contributed by atoms with Gasteiger partial charge in [-0.2, -0.15) is 0 Å². The van der Waals surface area contributed by atoms with E-state index >= 15 is 0 Å². The van der Waals surface area contributed by atoms with E-state index in [1.165, 1.54) is 0 Å². The molecular weight excluding hydrogens is 352 g/mol. The Labute approximate surface area is 129 Å². The van der Waals surface area contributed by atoms with Crippen LogP contribution in [-0.4, -0.2) is 59.0 Å². The van der Waals surface area contributed by atoms with Gasteiger partial charge in [0.15, 0.2) is 24.6 Å². The standard InChI is InChI=1S/C12H17BrO8/c1-6(15)19-10(5-14)12(21-8(3)17)11(9(18)4-13)20-7(2)16/h5,9-12,18H,4H2,1-3H3/t9-,10+,11-,12-/m1/s1. The van der Waals surface area contributed by atoms with Gasteiger partial charge in [0.1, 0.15) is 6.10 Å². The SMILES string of the molecule is CC(=O)O[C@@H]([C@H](OC(C)=O)[C@H](C=O)OC(C)=O)[C@H](O)CBr. The highest BCUT2D eigenvalue weighted by Crippen LogP contribution is 2.17. The molecular formula is C12H17BrO8. The maximum absolute atomic E-state index is 11.1. The maximum atomic E-state index is 11.1. The molecule has 4 atom stereocenters. The molecule has 0 bridgehead atoms. The van der Waals surface area contributed by atoms with Gasteiger partial charge in [-0.3, -0.25) is 19.2 Å². The molecule has 1 N–H and O–H groups in total. The average molecular weight is 369 g/mol. The molecule has 0 saturated carbocycles. The Morgan fingerprint density at radius 1 is 1.00 bits per heavy atom. The van der Waals surface area contributed by atoms with Gasteiger partial charge in [-0.1, -0.05) is 15.9 Å². The van der Waals surface area contributed by atoms with Crippen LogP contribution in [0.1, 0.15) is 20.8 Å². The van der Waals surface area contributed by atoms with Gasteiger partial charge < -0.3 is 19.3 Å². The number of ether oxygens (including phenoxy) is 3. The highest BCUT2D eigenvalue weighted by atomic mass is 79.9. The summed E-state index contributed by atoms with van der Waals surface area (Å²) in [5.74, 6) is -2.35. The molecule has 0 aromatic rings. The second-order valence-electron chi connectivity index (χ2n) is 4.08. The first-order chi connectivity index (χ1) is 9.72. The minimum absolute atomic E-state index is 0.0195. The van der Waals surface area contributed by atoms with E-state index in [0.717, 1.165) is 20.8 Å². The van der Waals surface area contributed by atoms with Crippen molar-refractivity contribution in [2.45, 2.75) is 45.2 Å². The van der Waals surface area contributed by atoms with Crippen molar-refractivity contribution in [3.8, 4) is 0 Å². The second kappa shape index (κ2) is 9.46. The predicted octanol–water partition coefficient (Wildman–Crippen LogP) is -0.264. The molecule has 0 spiro atoms. The Kier molecular flexibility index (Phi) is 8.79. The van der Waals surface area contributed by atoms with Crippen molar-refractivity contribution in [3.05, 3.63) is 0 Å². The van der Waals surface area contributed by atoms with Crippen LogP contribution in [0.2, 0.25) is 0 Å². The normalized spacial score (nSPS) is 16.0. The van der Waals surface area contributed by atoms with Gasteiger partial charge in [-0.15, -0.1) is 0 Å². The number of carbonyl (C=O) groups is 4. The summed E-state index contributed by atoms with van der Waals surface area (Å²) in [5.41, 5.74) is 0. The van der Waals surface area contributed by atoms with Crippen molar-refractivity contribution in [3.63, 3.8) is 0 Å². The second-order valence-corrected chi connectivity index (χ2v) is 4.73. The number of esters is 3. The first kappa shape index (κ1) is 19.5. The van der Waals surface area contributed by atoms with Gasteiger partial charge in [0.2, 0.25) is 0 Å². The van der Waals surface area contributed by atoms with Crippen LogP contribution in [0.3, 0.4) is 0 Å². The fourth-order valence-corrected chi connectivity index (χ4v) is 1.89. The van der Waals surface area contributed by atoms with Crippen LogP contribution in [0.5, 0.6) is 0 Å². The summed E-state index contributed by atoms with van der Waals surface area (Å²) in [6.45, 7) is 3.21. The summed E-state index contributed by atoms with van der Waals surface area (Å²) < 4.78 is 14.5. The molecule has 0 saturated heterocycles. The molecule has 0 aromatic carbocycles. The minimum Gasteiger partial charge on any atom is -0.456 e. The Morgan fingerprint density at radius 3 is 1.76 bits per heavy atom. The third-order valence-corrected chi connectivity index (χ3v) is 2.89. The number of alkyl halides is 1. The first-order valence-corrected chi connectivity index (χ1v) is 7.06. The molecule has 0 fully saturated rings. The van der Waals surface area contributed by atoms with Crippen molar-refractivity contribution in [1.29, 1.82) is 0 Å². The quantitative estimate of drug-likeness (QED) is 0.269. The van der Waals surface area contributed by atoms with Gasteiger partial charge in [0.25, 0.3) is 0 Å². The number of aliphatic hydroxyl groups excluding tert-OH is 1. The Balaban J connectivity index is 5.45. The number of halogens is 1. The molecule has 0 aromatic heterocycles. The molecule has 0 amide bonds. The zero-order valence-corrected chi connectivity index (χ0v) is 13.4. The van der Waals surface area contributed by atoms with E-state index in [2.05, 4.69) is 15.9 Å². The Morgan fingerprint density at radius 2 is 1.43 bits per heavy atom. The van der Waals surface area contributed by atoms with Crippen LogP contribution in [0.25, 0.3) is 0 Å². The van der Waals surface area contributed by atoms with Crippen LogP contribution in [-0.2, 0) is 33.4 Å². The Hall–Kier alpha value is -1.48. The van der Waals surface area contributed by atoms with Crippen LogP contribution in [0.4, 0.5) is 0 Å². The molecule has 0 unspecified atom stereocenters. The highest BCUT2D eigenvalue weighted by Gasteiger charge is 2.40. The number of hydrogen-bond acceptors (Lipinski definition) is 8. The van der Waals surface area contributed by atoms with Gasteiger partial charge in [0, 0.05) is 26.1 Å². The summed E-state index contributed by atoms with van der Waals surface area (Å²) >= 11 is 2.98. The largest absolute Gasteiger partial charge is 0.456 e. The van der Waals surface area contributed by atoms with E-state index in [1.807, 2.05) is 0 Å². The average Bonchev–Trinajstić information content (AvgIpc) is 2.38. The summed E-state index contributed by atoms with van der Waals surface area (Å²) in [4.78, 5) is 44.3. The van der Waals surface area contributed by atoms with E-state index in [9.17, 15) is 24.3 Å². The summed E-state index contributed by atoms with van der Waals surface area (Å²) in [7, 11) is 0. The van der Waals surface area contributed by atoms with Crippen LogP contribution >= 0.6 is 15.9 Å². The maximum Gasteiger partial charge on any atom is 0.303 e. The smallest absolute Gasteiger partial charge is 0.303 e. The summed E-state index contributed by atoms with van der Waals surface area (Å²) in [6.07, 6.45) is -5.40. The highest BCUT2D eigenvalue weighted by molar-refractivity contribution is 9.09. The lowest BCUT2D eigenvalue weighted by atomic mass is 10.0. The number of aldehydes is 1. The van der Waals surface area contributed by atoms with Crippen molar-refractivity contribution in [2.75, 3.05) is 5.33 Å². The number of rotatable bonds is 8. The van der Waals surface area contributed by atoms with Gasteiger partial charge >= 0.3 is 17.9 Å². The molecule has 0 aliphatic carbocycles. The molecule has 8 nitrogen and oxygen atoms in total. The molecule has 0 aliphatic rings. The lowest BCUT2D eigenvalue weighted by Gasteiger charge is -2.31. The zero-order chi connectivity index (χ0) is 16.6. The predicted molar refractivity (Wildman–Crippen MR) is 72.5 cm³/mol. The third-order valence-electron chi connectivity index (χ3n) is 2.23. The van der Waals surface area contributed by atoms with Crippen molar-refractivity contribution in [1.82, 2.24) is 0 Å². The van der Waals surface area contributed by atoms with Gasteiger partial charge in [0.05, 0.1) is 0 Å². The fourth-order valence-electron chi connectivity index (χ4n) is 1.52. The van der Waals surface area contributed by atoms with Crippen LogP contribution < -0.4 is 0 Å². The van der Waals surface area contributed by atoms with Crippen molar-refractivity contribution >= 4 is 40.1 Å². The molecule has 120 valence electrons. The van der Waals surface area contributed by atoms with E-state index in [-0.39, 0.29) is 11.6 Å². The zero-order valence-electron chi connectivity index (χ0n) is 11.8. The van der Waals surface area contributed by atoms with Crippen LogP contribution in [0.15, 0.2) is 0 Å². The minimum atomic E-state index is -1.51. The summed E-state index contributed by atoms with van der Waals surface area (Å²) in [5, 5.41) is 9.84. The van der Waals surface area contributed by atoms with E-state index in [4.69, 9.17) is 14.2 Å². The molecule has 9 heteroatoms. The Bertz CT molecular complexity index is 397. The fraction of sp³-hybridized carbons (Fsp3) is 0.667. The number of hydrogen-bond donors (Lipinski definition) is 1. The molecule has 0 aliphatic heterocycles. The number of aliphatic hydroxyl groups is 1. The van der Waals surface area contributed by atoms with E-state index < -0.39 is 42.3 Å². The van der Waals surface area contributed by atoms with Gasteiger partial charge in [-0.05, 0) is 0 Å². The summed E-state index contributed by atoms with van der Waals surface area (Å²) in [6, 6.07) is 0. The van der Waals surface area contributed by atoms with Gasteiger partial charge in [-0.25, -0.2) is 0 Å². The third kappa shape index (κ3) is 7.19. The van der Waals surface area contributed by atoms with Crippen LogP contribution in [0, 0.1) is 0 Å². The topological polar surface area (TPSA) is 116 Å². The van der Waals surface area contributed by atoms with E-state index in [0.29, 0.717) is 0 Å². The monoisotopic (exact) mass is 368 g/mol. The molecule has 0 heterocycles. The lowest BCUT2D eigenvalue weighted by Crippen LogP contribution is -2.51. The molecule has 21 heavy (non-hydrogen) atoms. The van der Waals surface area contributed by atoms with Crippen molar-refractivity contribution in [2.24, 2.45) is 0 Å². The lowest BCUT2D eigenvalue weighted by molar-refractivity contribution is -0.190. The van der Waals surface area contributed by atoms with Crippen molar-refractivity contribution < 1.29 is 38.5 Å². The molecule has 0 radical (unpaired) electrons. The first-order valence-electron chi connectivity index (χ1n) is 5.93. The van der Waals surface area contributed by atoms with E-state index in [1.54, 1.807) is 0 Å².